The quantitative estimate of drug-likeness (QED) is 0.446. The summed E-state index contributed by atoms with van der Waals surface area (Å²) in [6.45, 7) is 0. The van der Waals surface area contributed by atoms with Crippen molar-refractivity contribution in [2.45, 2.75) is 6.10 Å². The fraction of sp³-hybridized carbons (Fsp3) is 0.0833. The molecule has 0 amide bonds. The second kappa shape index (κ2) is 5.89. The van der Waals surface area contributed by atoms with Gasteiger partial charge in [-0.2, -0.15) is 0 Å². The Morgan fingerprint density at radius 3 is 2.43 bits per heavy atom. The van der Waals surface area contributed by atoms with Crippen LogP contribution in [0.3, 0.4) is 0 Å². The first-order chi connectivity index (χ1) is 6.84. The summed E-state index contributed by atoms with van der Waals surface area (Å²) in [7, 11) is 0. The van der Waals surface area contributed by atoms with Crippen molar-refractivity contribution < 1.29 is 9.90 Å². The van der Waals surface area contributed by atoms with E-state index >= 15 is 0 Å². The Bertz CT molecular complexity index is 325. The average molecular weight is 188 g/mol. The van der Waals surface area contributed by atoms with E-state index in [0.717, 1.165) is 5.56 Å². The molecule has 0 spiro atoms. The van der Waals surface area contributed by atoms with Crippen LogP contribution in [0.4, 0.5) is 0 Å². The SMILES string of the molecule is O=C/C=C/C=C/[C@H](O)c1ccccc1. The van der Waals surface area contributed by atoms with Crippen molar-refractivity contribution in [3.8, 4) is 0 Å². The van der Waals surface area contributed by atoms with Gasteiger partial charge in [0, 0.05) is 0 Å². The van der Waals surface area contributed by atoms with Gasteiger partial charge in [-0.1, -0.05) is 48.6 Å². The summed E-state index contributed by atoms with van der Waals surface area (Å²) in [5.74, 6) is 0. The number of hydrogen-bond donors (Lipinski definition) is 1. The molecule has 0 saturated heterocycles. The highest BCUT2D eigenvalue weighted by molar-refractivity contribution is 5.65. The van der Waals surface area contributed by atoms with Crippen molar-refractivity contribution in [3.63, 3.8) is 0 Å². The van der Waals surface area contributed by atoms with Gasteiger partial charge >= 0.3 is 0 Å². The molecule has 0 unspecified atom stereocenters. The van der Waals surface area contributed by atoms with Crippen LogP contribution < -0.4 is 0 Å². The van der Waals surface area contributed by atoms with Gasteiger partial charge < -0.3 is 5.11 Å². The number of allylic oxidation sites excluding steroid dienone is 3. The number of benzene rings is 1. The van der Waals surface area contributed by atoms with Gasteiger partial charge in [-0.25, -0.2) is 0 Å². The Kier molecular flexibility index (Phi) is 4.38. The number of carbonyl (C=O) groups is 1. The average Bonchev–Trinajstić information content (AvgIpc) is 2.25. The van der Waals surface area contributed by atoms with Crippen molar-refractivity contribution in [2.24, 2.45) is 0 Å². The van der Waals surface area contributed by atoms with E-state index in [0.29, 0.717) is 6.29 Å². The molecule has 2 heteroatoms. The standard InChI is InChI=1S/C12H12O2/c13-10-6-2-5-9-12(14)11-7-3-1-4-8-11/h1-10,12,14H/b6-2+,9-5+/t12-/m0/s1. The van der Waals surface area contributed by atoms with Crippen molar-refractivity contribution in [1.82, 2.24) is 0 Å². The molecule has 1 aromatic carbocycles. The van der Waals surface area contributed by atoms with Gasteiger partial charge in [0.2, 0.25) is 0 Å². The third-order valence-electron chi connectivity index (χ3n) is 1.74. The zero-order chi connectivity index (χ0) is 10.2. The minimum atomic E-state index is -0.618. The fourth-order valence-electron chi connectivity index (χ4n) is 1.04. The van der Waals surface area contributed by atoms with Crippen molar-refractivity contribution in [3.05, 3.63) is 60.2 Å². The van der Waals surface area contributed by atoms with Crippen LogP contribution in [0.15, 0.2) is 54.6 Å². The summed E-state index contributed by atoms with van der Waals surface area (Å²) < 4.78 is 0. The zero-order valence-corrected chi connectivity index (χ0v) is 7.71. The van der Waals surface area contributed by atoms with E-state index in [1.165, 1.54) is 6.08 Å². The van der Waals surface area contributed by atoms with Gasteiger partial charge in [0.05, 0.1) is 6.10 Å². The summed E-state index contributed by atoms with van der Waals surface area (Å²) >= 11 is 0. The molecule has 1 N–H and O–H groups in total. The predicted molar refractivity (Wildman–Crippen MR) is 55.7 cm³/mol. The molecule has 0 aliphatic heterocycles. The maximum Gasteiger partial charge on any atom is 0.142 e. The van der Waals surface area contributed by atoms with Gasteiger partial charge in [-0.3, -0.25) is 4.79 Å². The van der Waals surface area contributed by atoms with E-state index in [1.54, 1.807) is 18.2 Å². The lowest BCUT2D eigenvalue weighted by molar-refractivity contribution is -0.104. The van der Waals surface area contributed by atoms with Crippen molar-refractivity contribution in [2.75, 3.05) is 0 Å². The first-order valence-corrected chi connectivity index (χ1v) is 4.36. The van der Waals surface area contributed by atoms with E-state index in [1.807, 2.05) is 30.3 Å². The minimum absolute atomic E-state index is 0.618. The zero-order valence-electron chi connectivity index (χ0n) is 7.71. The van der Waals surface area contributed by atoms with Gasteiger partial charge in [0.1, 0.15) is 6.29 Å². The highest BCUT2D eigenvalue weighted by atomic mass is 16.3. The highest BCUT2D eigenvalue weighted by Crippen LogP contribution is 2.12. The van der Waals surface area contributed by atoms with Crippen LogP contribution in [0.5, 0.6) is 0 Å². The lowest BCUT2D eigenvalue weighted by Crippen LogP contribution is -1.91. The number of hydrogen-bond acceptors (Lipinski definition) is 2. The Hall–Kier alpha value is -1.67. The third kappa shape index (κ3) is 3.37. The molecule has 0 heterocycles. The summed E-state index contributed by atoms with van der Waals surface area (Å²) in [4.78, 5) is 9.94. The molecule has 0 bridgehead atoms. The van der Waals surface area contributed by atoms with Crippen LogP contribution in [0.2, 0.25) is 0 Å². The number of aliphatic hydroxyl groups is 1. The summed E-state index contributed by atoms with van der Waals surface area (Å²) in [6.07, 6.45) is 6.29. The van der Waals surface area contributed by atoms with Crippen LogP contribution in [-0.2, 0) is 4.79 Å². The minimum Gasteiger partial charge on any atom is -0.384 e. The molecular formula is C12H12O2. The Balaban J connectivity index is 2.58. The molecule has 0 aliphatic rings. The largest absolute Gasteiger partial charge is 0.384 e. The molecule has 1 aromatic rings. The van der Waals surface area contributed by atoms with Crippen LogP contribution >= 0.6 is 0 Å². The predicted octanol–water partition coefficient (Wildman–Crippen LogP) is 2.03. The lowest BCUT2D eigenvalue weighted by atomic mass is 10.1. The van der Waals surface area contributed by atoms with Crippen LogP contribution in [0.25, 0.3) is 0 Å². The smallest absolute Gasteiger partial charge is 0.142 e. The summed E-state index contributed by atoms with van der Waals surface area (Å²) in [5, 5.41) is 9.61. The maximum atomic E-state index is 9.94. The van der Waals surface area contributed by atoms with Crippen LogP contribution in [-0.4, -0.2) is 11.4 Å². The number of aldehydes is 1. The first-order valence-electron chi connectivity index (χ1n) is 4.36. The second-order valence-electron chi connectivity index (χ2n) is 2.76. The Morgan fingerprint density at radius 2 is 1.79 bits per heavy atom. The van der Waals surface area contributed by atoms with E-state index in [4.69, 9.17) is 0 Å². The topological polar surface area (TPSA) is 37.3 Å². The van der Waals surface area contributed by atoms with Crippen molar-refractivity contribution >= 4 is 6.29 Å². The summed E-state index contributed by atoms with van der Waals surface area (Å²) in [6, 6.07) is 9.32. The first kappa shape index (κ1) is 10.4. The van der Waals surface area contributed by atoms with E-state index < -0.39 is 6.10 Å². The van der Waals surface area contributed by atoms with Crippen LogP contribution in [0, 0.1) is 0 Å². The van der Waals surface area contributed by atoms with E-state index in [9.17, 15) is 9.90 Å². The summed E-state index contributed by atoms with van der Waals surface area (Å²) in [5.41, 5.74) is 0.836. The molecule has 0 aliphatic carbocycles. The van der Waals surface area contributed by atoms with E-state index in [-0.39, 0.29) is 0 Å². The normalized spacial score (nSPS) is 13.5. The van der Waals surface area contributed by atoms with Gasteiger partial charge in [0.25, 0.3) is 0 Å². The maximum absolute atomic E-state index is 9.94. The molecule has 14 heavy (non-hydrogen) atoms. The van der Waals surface area contributed by atoms with Crippen LogP contribution in [0.1, 0.15) is 11.7 Å². The van der Waals surface area contributed by atoms with Gasteiger partial charge in [-0.15, -0.1) is 0 Å². The van der Waals surface area contributed by atoms with Gasteiger partial charge in [-0.05, 0) is 11.6 Å². The molecule has 72 valence electrons. The molecule has 0 radical (unpaired) electrons. The highest BCUT2D eigenvalue weighted by Gasteiger charge is 1.99. The molecule has 0 aromatic heterocycles. The van der Waals surface area contributed by atoms with Gasteiger partial charge in [0.15, 0.2) is 0 Å². The Labute approximate surface area is 83.2 Å². The molecule has 0 saturated carbocycles. The van der Waals surface area contributed by atoms with E-state index in [2.05, 4.69) is 0 Å². The molecule has 1 rings (SSSR count). The fourth-order valence-corrected chi connectivity index (χ4v) is 1.04. The molecule has 1 atom stereocenters. The van der Waals surface area contributed by atoms with Crippen molar-refractivity contribution in [1.29, 1.82) is 0 Å². The number of rotatable bonds is 4. The second-order valence-corrected chi connectivity index (χ2v) is 2.76. The Morgan fingerprint density at radius 1 is 1.07 bits per heavy atom. The molecular weight excluding hydrogens is 176 g/mol. The number of carbonyl (C=O) groups excluding carboxylic acids is 1. The molecule has 0 fully saturated rings. The third-order valence-corrected chi connectivity index (χ3v) is 1.74. The lowest BCUT2D eigenvalue weighted by Gasteiger charge is -2.03. The number of aliphatic hydroxyl groups excluding tert-OH is 1. The monoisotopic (exact) mass is 188 g/mol. The molecule has 2 nitrogen and oxygen atoms in total.